The van der Waals surface area contributed by atoms with Crippen molar-refractivity contribution in [2.75, 3.05) is 21.1 Å². The second kappa shape index (κ2) is 10.7. The first-order valence-corrected chi connectivity index (χ1v) is 8.61. The van der Waals surface area contributed by atoms with Gasteiger partial charge in [0.05, 0.1) is 0 Å². The van der Waals surface area contributed by atoms with Crippen molar-refractivity contribution in [3.05, 3.63) is 0 Å². The van der Waals surface area contributed by atoms with Crippen LogP contribution in [0.15, 0.2) is 0 Å². The van der Waals surface area contributed by atoms with Gasteiger partial charge in [-0.3, -0.25) is 19.7 Å². The Balaban J connectivity index is 5.24. The molecular formula is C17H32N4O4. The summed E-state index contributed by atoms with van der Waals surface area (Å²) < 4.78 is 0. The van der Waals surface area contributed by atoms with Crippen LogP contribution in [0.2, 0.25) is 0 Å². The van der Waals surface area contributed by atoms with Crippen LogP contribution >= 0.6 is 0 Å². The van der Waals surface area contributed by atoms with Gasteiger partial charge in [0.2, 0.25) is 11.8 Å². The van der Waals surface area contributed by atoms with Crippen molar-refractivity contribution in [2.24, 2.45) is 5.92 Å². The molecule has 0 unspecified atom stereocenters. The van der Waals surface area contributed by atoms with Crippen molar-refractivity contribution in [3.8, 4) is 0 Å². The van der Waals surface area contributed by atoms with E-state index < -0.39 is 24.0 Å². The molecule has 0 aliphatic heterocycles. The van der Waals surface area contributed by atoms with E-state index in [2.05, 4.69) is 10.6 Å². The number of likely N-dealkylation sites (N-methyl/N-ethyl adjacent to an activating group) is 2. The maximum Gasteiger partial charge on any atom is 0.321 e. The fourth-order valence-corrected chi connectivity index (χ4v) is 2.37. The van der Waals surface area contributed by atoms with Gasteiger partial charge in [-0.15, -0.1) is 0 Å². The lowest BCUT2D eigenvalue weighted by Crippen LogP contribution is -2.55. The predicted octanol–water partition coefficient (Wildman–Crippen LogP) is 0.962. The van der Waals surface area contributed by atoms with Gasteiger partial charge in [0.1, 0.15) is 12.1 Å². The Morgan fingerprint density at radius 3 is 2.00 bits per heavy atom. The first-order chi connectivity index (χ1) is 11.6. The number of nitrogens with zero attached hydrogens (tertiary/aromatic N) is 2. The maximum atomic E-state index is 12.7. The number of amides is 5. The van der Waals surface area contributed by atoms with E-state index in [9.17, 15) is 19.2 Å². The summed E-state index contributed by atoms with van der Waals surface area (Å²) >= 11 is 0. The normalized spacial score (nSPS) is 13.0. The zero-order chi connectivity index (χ0) is 19.7. The van der Waals surface area contributed by atoms with Gasteiger partial charge in [0, 0.05) is 27.6 Å². The standard InChI is InChI=1S/C17H32N4O4/c1-8-9-14(22)20(6)12(4)16(24)21(7)13(10-11(2)3)15(23)19-17(25)18-5/h11-13H,8-10H2,1-7H3,(H2,18,19,23,25)/t12-,13+/m1/s1. The number of carbonyl (C=O) groups is 4. The Bertz CT molecular complexity index is 493. The minimum Gasteiger partial charge on any atom is -0.341 e. The van der Waals surface area contributed by atoms with Gasteiger partial charge in [-0.1, -0.05) is 20.8 Å². The highest BCUT2D eigenvalue weighted by Gasteiger charge is 2.33. The molecule has 2 N–H and O–H groups in total. The number of hydrogen-bond donors (Lipinski definition) is 2. The highest BCUT2D eigenvalue weighted by molar-refractivity contribution is 5.99. The van der Waals surface area contributed by atoms with E-state index >= 15 is 0 Å². The average Bonchev–Trinajstić information content (AvgIpc) is 2.56. The summed E-state index contributed by atoms with van der Waals surface area (Å²) in [5.74, 6) is -0.860. The molecule has 0 radical (unpaired) electrons. The van der Waals surface area contributed by atoms with Crippen LogP contribution in [0, 0.1) is 5.92 Å². The molecule has 0 spiro atoms. The van der Waals surface area contributed by atoms with Gasteiger partial charge in [0.25, 0.3) is 5.91 Å². The maximum absolute atomic E-state index is 12.7. The summed E-state index contributed by atoms with van der Waals surface area (Å²) in [6.45, 7) is 7.39. The molecule has 0 saturated carbocycles. The van der Waals surface area contributed by atoms with Crippen LogP contribution in [0.5, 0.6) is 0 Å². The van der Waals surface area contributed by atoms with Crippen LogP contribution in [-0.2, 0) is 14.4 Å². The van der Waals surface area contributed by atoms with Crippen LogP contribution in [0.3, 0.4) is 0 Å². The van der Waals surface area contributed by atoms with Gasteiger partial charge in [-0.05, 0) is 25.7 Å². The number of hydrogen-bond acceptors (Lipinski definition) is 4. The van der Waals surface area contributed by atoms with E-state index in [1.54, 1.807) is 14.0 Å². The summed E-state index contributed by atoms with van der Waals surface area (Å²) in [4.78, 5) is 51.2. The highest BCUT2D eigenvalue weighted by Crippen LogP contribution is 2.14. The smallest absolute Gasteiger partial charge is 0.321 e. The third-order valence-electron chi connectivity index (χ3n) is 4.07. The van der Waals surface area contributed by atoms with Gasteiger partial charge < -0.3 is 15.1 Å². The highest BCUT2D eigenvalue weighted by atomic mass is 16.2. The third-order valence-corrected chi connectivity index (χ3v) is 4.07. The molecule has 0 aromatic rings. The van der Waals surface area contributed by atoms with Crippen molar-refractivity contribution >= 4 is 23.8 Å². The molecule has 8 nitrogen and oxygen atoms in total. The number of nitrogens with one attached hydrogen (secondary N) is 2. The van der Waals surface area contributed by atoms with Crippen molar-refractivity contribution in [2.45, 2.75) is 59.0 Å². The SMILES string of the molecule is CCCC(=O)N(C)[C@H](C)C(=O)N(C)[C@@H](CC(C)C)C(=O)NC(=O)NC. The molecule has 25 heavy (non-hydrogen) atoms. The molecule has 0 aromatic heterocycles. The van der Waals surface area contributed by atoms with E-state index in [1.165, 1.54) is 23.9 Å². The summed E-state index contributed by atoms with van der Waals surface area (Å²) in [7, 11) is 4.51. The van der Waals surface area contributed by atoms with Gasteiger partial charge >= 0.3 is 6.03 Å². The number of carbonyl (C=O) groups excluding carboxylic acids is 4. The molecular weight excluding hydrogens is 324 g/mol. The zero-order valence-corrected chi connectivity index (χ0v) is 16.4. The molecule has 0 aliphatic rings. The fourth-order valence-electron chi connectivity index (χ4n) is 2.37. The molecule has 0 aromatic carbocycles. The second-order valence-corrected chi connectivity index (χ2v) is 6.59. The summed E-state index contributed by atoms with van der Waals surface area (Å²) in [5.41, 5.74) is 0. The van der Waals surface area contributed by atoms with E-state index in [0.29, 0.717) is 19.3 Å². The van der Waals surface area contributed by atoms with Gasteiger partial charge in [-0.25, -0.2) is 4.79 Å². The van der Waals surface area contributed by atoms with Gasteiger partial charge in [0.15, 0.2) is 0 Å². The largest absolute Gasteiger partial charge is 0.341 e. The Hall–Kier alpha value is -2.12. The summed E-state index contributed by atoms with van der Waals surface area (Å²) in [6, 6.07) is -2.10. The van der Waals surface area contributed by atoms with E-state index in [4.69, 9.17) is 0 Å². The summed E-state index contributed by atoms with van der Waals surface area (Å²) in [5, 5.41) is 4.53. The second-order valence-electron chi connectivity index (χ2n) is 6.59. The summed E-state index contributed by atoms with van der Waals surface area (Å²) in [6.07, 6.45) is 1.47. The Morgan fingerprint density at radius 2 is 1.56 bits per heavy atom. The molecule has 0 saturated heterocycles. The molecule has 0 aliphatic carbocycles. The van der Waals surface area contributed by atoms with Crippen molar-refractivity contribution in [1.29, 1.82) is 0 Å². The lowest BCUT2D eigenvalue weighted by Gasteiger charge is -2.33. The molecule has 0 fully saturated rings. The zero-order valence-electron chi connectivity index (χ0n) is 16.4. The van der Waals surface area contributed by atoms with Crippen LogP contribution in [0.4, 0.5) is 4.79 Å². The Kier molecular flexibility index (Phi) is 9.78. The monoisotopic (exact) mass is 356 g/mol. The van der Waals surface area contributed by atoms with Gasteiger partial charge in [-0.2, -0.15) is 0 Å². The van der Waals surface area contributed by atoms with Crippen molar-refractivity contribution < 1.29 is 19.2 Å². The Labute approximate surface area is 150 Å². The van der Waals surface area contributed by atoms with E-state index in [1.807, 2.05) is 20.8 Å². The average molecular weight is 356 g/mol. The fraction of sp³-hybridized carbons (Fsp3) is 0.765. The topological polar surface area (TPSA) is 98.8 Å². The molecule has 5 amide bonds. The lowest BCUT2D eigenvalue weighted by atomic mass is 10.0. The van der Waals surface area contributed by atoms with Crippen LogP contribution in [-0.4, -0.2) is 66.8 Å². The van der Waals surface area contributed by atoms with E-state index in [0.717, 1.165) is 0 Å². The minimum atomic E-state index is -0.790. The molecule has 2 atom stereocenters. The van der Waals surface area contributed by atoms with E-state index in [-0.39, 0.29) is 17.7 Å². The molecule has 8 heteroatoms. The predicted molar refractivity (Wildman–Crippen MR) is 95.8 cm³/mol. The van der Waals surface area contributed by atoms with Crippen LogP contribution < -0.4 is 10.6 Å². The molecule has 0 rings (SSSR count). The molecule has 0 heterocycles. The van der Waals surface area contributed by atoms with Crippen molar-refractivity contribution in [3.63, 3.8) is 0 Å². The number of rotatable bonds is 8. The number of imide groups is 1. The van der Waals surface area contributed by atoms with Crippen LogP contribution in [0.1, 0.15) is 47.0 Å². The molecule has 144 valence electrons. The Morgan fingerprint density at radius 1 is 1.00 bits per heavy atom. The first-order valence-electron chi connectivity index (χ1n) is 8.61. The first kappa shape index (κ1) is 22.9. The van der Waals surface area contributed by atoms with Crippen LogP contribution in [0.25, 0.3) is 0 Å². The minimum absolute atomic E-state index is 0.119. The third kappa shape index (κ3) is 7.11. The molecule has 0 bridgehead atoms. The number of urea groups is 1. The lowest BCUT2D eigenvalue weighted by molar-refractivity contribution is -0.147. The quantitative estimate of drug-likeness (QED) is 0.677. The van der Waals surface area contributed by atoms with Crippen molar-refractivity contribution in [1.82, 2.24) is 20.4 Å².